The van der Waals surface area contributed by atoms with Crippen molar-refractivity contribution in [2.45, 2.75) is 13.0 Å². The number of thiophene rings is 1. The molecule has 0 saturated heterocycles. The van der Waals surface area contributed by atoms with Crippen molar-refractivity contribution in [1.82, 2.24) is 10.2 Å². The highest BCUT2D eigenvalue weighted by molar-refractivity contribution is 7.16. The van der Waals surface area contributed by atoms with E-state index in [0.29, 0.717) is 23.0 Å². The van der Waals surface area contributed by atoms with Crippen LogP contribution in [0.5, 0.6) is 0 Å². The van der Waals surface area contributed by atoms with Crippen molar-refractivity contribution >= 4 is 45.5 Å². The minimum Gasteiger partial charge on any atom is -0.352 e. The molecule has 0 bridgehead atoms. The molecule has 26 heavy (non-hydrogen) atoms. The zero-order valence-corrected chi connectivity index (χ0v) is 15.9. The summed E-state index contributed by atoms with van der Waals surface area (Å²) in [5, 5.41) is 4.92. The van der Waals surface area contributed by atoms with Gasteiger partial charge in [-0.3, -0.25) is 9.59 Å². The van der Waals surface area contributed by atoms with Gasteiger partial charge >= 0.3 is 0 Å². The van der Waals surface area contributed by atoms with E-state index in [1.54, 1.807) is 18.0 Å². The fraction of sp³-hybridized carbons (Fsp3) is 0.200. The summed E-state index contributed by atoms with van der Waals surface area (Å²) in [7, 11) is 1.75. The van der Waals surface area contributed by atoms with Crippen LogP contribution in [0.25, 0.3) is 10.8 Å². The summed E-state index contributed by atoms with van der Waals surface area (Å²) in [4.78, 5) is 27.2. The molecule has 4 nitrogen and oxygen atoms in total. The minimum absolute atomic E-state index is 0.0201. The van der Waals surface area contributed by atoms with Crippen LogP contribution in [0.1, 0.15) is 21.7 Å². The highest BCUT2D eigenvalue weighted by atomic mass is 35.5. The van der Waals surface area contributed by atoms with Crippen LogP contribution in [0.3, 0.4) is 0 Å². The molecule has 0 saturated carbocycles. The molecule has 0 aliphatic carbocycles. The SMILES string of the molecule is CN(Cc1ccc(Cl)s1)C(=O)CCNC(=O)c1ccc2ccccc2c1. The number of halogens is 1. The van der Waals surface area contributed by atoms with E-state index < -0.39 is 0 Å². The molecule has 0 unspecified atom stereocenters. The van der Waals surface area contributed by atoms with Crippen molar-refractivity contribution < 1.29 is 9.59 Å². The molecular formula is C20H19ClN2O2S. The van der Waals surface area contributed by atoms with Gasteiger partial charge in [-0.05, 0) is 35.0 Å². The molecule has 1 N–H and O–H groups in total. The Balaban J connectivity index is 1.49. The number of carbonyl (C=O) groups excluding carboxylic acids is 2. The number of carbonyl (C=O) groups is 2. The molecule has 6 heteroatoms. The number of amides is 2. The summed E-state index contributed by atoms with van der Waals surface area (Å²) in [6, 6.07) is 17.2. The van der Waals surface area contributed by atoms with Gasteiger partial charge in [-0.25, -0.2) is 0 Å². The number of hydrogen-bond acceptors (Lipinski definition) is 3. The summed E-state index contributed by atoms with van der Waals surface area (Å²) in [6.07, 6.45) is 0.259. The molecule has 0 fully saturated rings. The van der Waals surface area contributed by atoms with E-state index in [1.807, 2.05) is 48.5 Å². The van der Waals surface area contributed by atoms with E-state index in [2.05, 4.69) is 5.32 Å². The van der Waals surface area contributed by atoms with Crippen LogP contribution in [0.4, 0.5) is 0 Å². The van der Waals surface area contributed by atoms with Crippen LogP contribution >= 0.6 is 22.9 Å². The number of nitrogens with one attached hydrogen (secondary N) is 1. The van der Waals surface area contributed by atoms with E-state index in [-0.39, 0.29) is 18.2 Å². The Hall–Kier alpha value is -2.37. The van der Waals surface area contributed by atoms with Crippen molar-refractivity contribution in [1.29, 1.82) is 0 Å². The van der Waals surface area contributed by atoms with Gasteiger partial charge in [-0.15, -0.1) is 11.3 Å². The second kappa shape index (κ2) is 8.34. The monoisotopic (exact) mass is 386 g/mol. The third-order valence-electron chi connectivity index (χ3n) is 4.08. The molecule has 0 aliphatic heterocycles. The summed E-state index contributed by atoms with van der Waals surface area (Å²) < 4.78 is 0.712. The lowest BCUT2D eigenvalue weighted by Crippen LogP contribution is -2.31. The summed E-state index contributed by atoms with van der Waals surface area (Å²) in [5.74, 6) is -0.190. The lowest BCUT2D eigenvalue weighted by molar-refractivity contribution is -0.130. The minimum atomic E-state index is -0.170. The first kappa shape index (κ1) is 18.4. The Labute approximate surface area is 161 Å². The maximum Gasteiger partial charge on any atom is 0.251 e. The topological polar surface area (TPSA) is 49.4 Å². The molecule has 3 aromatic rings. The van der Waals surface area contributed by atoms with Crippen LogP contribution in [-0.2, 0) is 11.3 Å². The van der Waals surface area contributed by atoms with Crippen LogP contribution in [-0.4, -0.2) is 30.3 Å². The second-order valence-electron chi connectivity index (χ2n) is 6.02. The molecule has 3 rings (SSSR count). The normalized spacial score (nSPS) is 10.7. The first-order valence-corrected chi connectivity index (χ1v) is 9.47. The molecule has 2 amide bonds. The number of nitrogens with zero attached hydrogens (tertiary/aromatic N) is 1. The van der Waals surface area contributed by atoms with Gasteiger partial charge in [0, 0.05) is 30.5 Å². The standard InChI is InChI=1S/C20H19ClN2O2S/c1-23(13-17-8-9-18(21)26-17)19(24)10-11-22-20(25)16-7-6-14-4-2-3-5-15(14)12-16/h2-9,12H,10-11,13H2,1H3,(H,22,25). The molecule has 0 atom stereocenters. The zero-order chi connectivity index (χ0) is 18.5. The average Bonchev–Trinajstić information content (AvgIpc) is 3.05. The fourth-order valence-corrected chi connectivity index (χ4v) is 3.81. The number of rotatable bonds is 6. The Morgan fingerprint density at radius 2 is 1.85 bits per heavy atom. The van der Waals surface area contributed by atoms with Gasteiger partial charge in [0.25, 0.3) is 5.91 Å². The Kier molecular flexibility index (Phi) is 5.91. The molecule has 0 radical (unpaired) electrons. The van der Waals surface area contributed by atoms with E-state index in [9.17, 15) is 9.59 Å². The predicted molar refractivity (Wildman–Crippen MR) is 107 cm³/mol. The van der Waals surface area contributed by atoms with Crippen molar-refractivity contribution in [2.75, 3.05) is 13.6 Å². The molecular weight excluding hydrogens is 368 g/mol. The van der Waals surface area contributed by atoms with Crippen LogP contribution < -0.4 is 5.32 Å². The third kappa shape index (κ3) is 4.62. The highest BCUT2D eigenvalue weighted by Gasteiger charge is 2.12. The Bertz CT molecular complexity index is 938. The molecule has 1 heterocycles. The highest BCUT2D eigenvalue weighted by Crippen LogP contribution is 2.22. The van der Waals surface area contributed by atoms with E-state index in [4.69, 9.17) is 11.6 Å². The number of benzene rings is 2. The lowest BCUT2D eigenvalue weighted by atomic mass is 10.1. The Morgan fingerprint density at radius 3 is 2.58 bits per heavy atom. The van der Waals surface area contributed by atoms with Gasteiger partial charge in [0.15, 0.2) is 0 Å². The first-order valence-electron chi connectivity index (χ1n) is 8.28. The lowest BCUT2D eigenvalue weighted by Gasteiger charge is -2.16. The molecule has 0 spiro atoms. The second-order valence-corrected chi connectivity index (χ2v) is 7.82. The maximum atomic E-state index is 12.3. The van der Waals surface area contributed by atoms with Crippen LogP contribution in [0, 0.1) is 0 Å². The largest absolute Gasteiger partial charge is 0.352 e. The van der Waals surface area contributed by atoms with Gasteiger partial charge in [-0.1, -0.05) is 41.9 Å². The van der Waals surface area contributed by atoms with E-state index in [0.717, 1.165) is 15.6 Å². The number of fused-ring (bicyclic) bond motifs is 1. The third-order valence-corrected chi connectivity index (χ3v) is 5.30. The number of hydrogen-bond donors (Lipinski definition) is 1. The van der Waals surface area contributed by atoms with Crippen molar-refractivity contribution in [3.05, 3.63) is 69.4 Å². The van der Waals surface area contributed by atoms with Gasteiger partial charge in [0.2, 0.25) is 5.91 Å². The fourth-order valence-electron chi connectivity index (χ4n) is 2.67. The molecule has 1 aromatic heterocycles. The van der Waals surface area contributed by atoms with Crippen molar-refractivity contribution in [3.63, 3.8) is 0 Å². The van der Waals surface area contributed by atoms with Crippen LogP contribution in [0.2, 0.25) is 4.34 Å². The zero-order valence-electron chi connectivity index (χ0n) is 14.4. The van der Waals surface area contributed by atoms with Crippen molar-refractivity contribution in [2.24, 2.45) is 0 Å². The van der Waals surface area contributed by atoms with E-state index >= 15 is 0 Å². The predicted octanol–water partition coefficient (Wildman–Crippen LogP) is 4.33. The summed E-state index contributed by atoms with van der Waals surface area (Å²) in [5.41, 5.74) is 0.595. The first-order chi connectivity index (χ1) is 12.5. The van der Waals surface area contributed by atoms with Gasteiger partial charge in [0.1, 0.15) is 0 Å². The van der Waals surface area contributed by atoms with Gasteiger partial charge in [0.05, 0.1) is 10.9 Å². The summed E-state index contributed by atoms with van der Waals surface area (Å²) >= 11 is 7.37. The quantitative estimate of drug-likeness (QED) is 0.685. The smallest absolute Gasteiger partial charge is 0.251 e. The molecule has 134 valence electrons. The average molecular weight is 387 g/mol. The Morgan fingerprint density at radius 1 is 1.08 bits per heavy atom. The van der Waals surface area contributed by atoms with Crippen molar-refractivity contribution in [3.8, 4) is 0 Å². The molecule has 0 aliphatic rings. The van der Waals surface area contributed by atoms with Gasteiger partial charge in [-0.2, -0.15) is 0 Å². The van der Waals surface area contributed by atoms with Crippen LogP contribution in [0.15, 0.2) is 54.6 Å². The van der Waals surface area contributed by atoms with E-state index in [1.165, 1.54) is 11.3 Å². The molecule has 2 aromatic carbocycles. The maximum absolute atomic E-state index is 12.3. The van der Waals surface area contributed by atoms with Gasteiger partial charge < -0.3 is 10.2 Å². The summed E-state index contributed by atoms with van der Waals surface area (Å²) in [6.45, 7) is 0.828.